The van der Waals surface area contributed by atoms with Crippen LogP contribution in [0.15, 0.2) is 36.4 Å². The van der Waals surface area contributed by atoms with E-state index in [1.165, 1.54) is 5.56 Å². The van der Waals surface area contributed by atoms with Gasteiger partial charge in [0.1, 0.15) is 0 Å². The van der Waals surface area contributed by atoms with Crippen molar-refractivity contribution in [2.45, 2.75) is 6.92 Å². The van der Waals surface area contributed by atoms with Gasteiger partial charge in [-0.1, -0.05) is 29.8 Å². The van der Waals surface area contributed by atoms with E-state index < -0.39 is 6.03 Å². The van der Waals surface area contributed by atoms with Gasteiger partial charge in [0.15, 0.2) is 0 Å². The predicted molar refractivity (Wildman–Crippen MR) is 65.0 cm³/mol. The van der Waals surface area contributed by atoms with Crippen LogP contribution in [-0.4, -0.2) is 6.03 Å². The van der Waals surface area contributed by atoms with Crippen LogP contribution in [0.2, 0.25) is 0 Å². The first-order valence-corrected chi connectivity index (χ1v) is 4.97. The zero-order valence-electron chi connectivity index (χ0n) is 8.95. The highest BCUT2D eigenvalue weighted by molar-refractivity contribution is 5.93. The van der Waals surface area contributed by atoms with Gasteiger partial charge in [-0.05, 0) is 29.8 Å². The summed E-state index contributed by atoms with van der Waals surface area (Å²) in [5, 5.41) is 4.86. The number of urea groups is 1. The lowest BCUT2D eigenvalue weighted by atomic mass is 10.1. The first-order valence-electron chi connectivity index (χ1n) is 4.97. The van der Waals surface area contributed by atoms with Crippen LogP contribution in [0.3, 0.4) is 0 Å². The Hall–Kier alpha value is -2.07. The van der Waals surface area contributed by atoms with Crippen molar-refractivity contribution in [3.63, 3.8) is 0 Å². The molecule has 4 nitrogen and oxygen atoms in total. The molecule has 0 saturated carbocycles. The van der Waals surface area contributed by atoms with Gasteiger partial charge in [0.05, 0.1) is 0 Å². The molecule has 0 aliphatic carbocycles. The molecule has 2 aromatic carbocycles. The fraction of sp³-hybridized carbons (Fsp3) is 0.0833. The maximum absolute atomic E-state index is 11.0. The minimum Gasteiger partial charge on any atom is -0.307 e. The molecule has 0 radical (unpaired) electrons. The van der Waals surface area contributed by atoms with E-state index in [1.54, 1.807) is 0 Å². The molecular weight excluding hydrogens is 202 g/mol. The smallest absolute Gasteiger partial charge is 0.307 e. The molecule has 0 heterocycles. The van der Waals surface area contributed by atoms with E-state index in [-0.39, 0.29) is 0 Å². The van der Waals surface area contributed by atoms with E-state index in [0.717, 1.165) is 16.5 Å². The third-order valence-corrected chi connectivity index (χ3v) is 2.38. The summed E-state index contributed by atoms with van der Waals surface area (Å²) in [6.07, 6.45) is 0. The average molecular weight is 215 g/mol. The average Bonchev–Trinajstić information content (AvgIpc) is 2.29. The van der Waals surface area contributed by atoms with Gasteiger partial charge in [0, 0.05) is 5.69 Å². The fourth-order valence-electron chi connectivity index (χ4n) is 1.61. The van der Waals surface area contributed by atoms with Gasteiger partial charge in [-0.2, -0.15) is 0 Å². The van der Waals surface area contributed by atoms with Crippen molar-refractivity contribution in [3.8, 4) is 0 Å². The van der Waals surface area contributed by atoms with E-state index >= 15 is 0 Å². The molecule has 0 saturated heterocycles. The minimum absolute atomic E-state index is 0.425. The number of rotatable bonds is 1. The molecule has 4 heteroatoms. The molecule has 0 aromatic heterocycles. The molecule has 0 fully saturated rings. The Morgan fingerprint density at radius 1 is 1.12 bits per heavy atom. The van der Waals surface area contributed by atoms with E-state index in [0.29, 0.717) is 0 Å². The van der Waals surface area contributed by atoms with E-state index in [4.69, 9.17) is 5.84 Å². The second-order valence-corrected chi connectivity index (χ2v) is 3.66. The van der Waals surface area contributed by atoms with Gasteiger partial charge in [-0.15, -0.1) is 0 Å². The van der Waals surface area contributed by atoms with Crippen LogP contribution in [0, 0.1) is 6.92 Å². The van der Waals surface area contributed by atoms with Crippen LogP contribution in [0.25, 0.3) is 10.8 Å². The van der Waals surface area contributed by atoms with Gasteiger partial charge in [0.2, 0.25) is 0 Å². The molecule has 16 heavy (non-hydrogen) atoms. The lowest BCUT2D eigenvalue weighted by molar-refractivity contribution is 0.252. The van der Waals surface area contributed by atoms with Crippen molar-refractivity contribution in [2.24, 2.45) is 5.84 Å². The summed E-state index contributed by atoms with van der Waals surface area (Å²) in [4.78, 5) is 11.0. The molecule has 0 spiro atoms. The standard InChI is InChI=1S/C12H13N3O/c1-8-2-3-10-7-11(14-12(16)15-13)5-4-9(10)6-8/h2-7H,13H2,1H3,(H2,14,15,16). The summed E-state index contributed by atoms with van der Waals surface area (Å²) in [7, 11) is 0. The molecule has 0 aliphatic rings. The van der Waals surface area contributed by atoms with Gasteiger partial charge >= 0.3 is 6.03 Å². The maximum atomic E-state index is 11.0. The second-order valence-electron chi connectivity index (χ2n) is 3.66. The van der Waals surface area contributed by atoms with Crippen LogP contribution in [0.1, 0.15) is 5.56 Å². The Balaban J connectivity index is 2.37. The molecule has 0 atom stereocenters. The Morgan fingerprint density at radius 2 is 1.81 bits per heavy atom. The monoisotopic (exact) mass is 215 g/mol. The highest BCUT2D eigenvalue weighted by atomic mass is 16.2. The quantitative estimate of drug-likeness (QED) is 0.387. The summed E-state index contributed by atoms with van der Waals surface area (Å²) in [6.45, 7) is 2.05. The molecule has 0 bridgehead atoms. The Labute approximate surface area is 93.4 Å². The number of amides is 2. The maximum Gasteiger partial charge on any atom is 0.333 e. The van der Waals surface area contributed by atoms with Gasteiger partial charge in [0.25, 0.3) is 0 Å². The van der Waals surface area contributed by atoms with Gasteiger partial charge in [-0.25, -0.2) is 10.6 Å². The first-order chi connectivity index (χ1) is 7.69. The number of carbonyl (C=O) groups is 1. The van der Waals surface area contributed by atoms with Crippen molar-refractivity contribution in [3.05, 3.63) is 42.0 Å². The number of nitrogens with one attached hydrogen (secondary N) is 2. The summed E-state index contributed by atoms with van der Waals surface area (Å²) in [5.74, 6) is 4.99. The SMILES string of the molecule is Cc1ccc2cc(NC(=O)NN)ccc2c1. The first kappa shape index (κ1) is 10.4. The van der Waals surface area contributed by atoms with E-state index in [1.807, 2.05) is 42.7 Å². The third kappa shape index (κ3) is 2.12. The Kier molecular flexibility index (Phi) is 2.74. The van der Waals surface area contributed by atoms with Crippen LogP contribution in [0.4, 0.5) is 10.5 Å². The number of hydrogen-bond acceptors (Lipinski definition) is 2. The van der Waals surface area contributed by atoms with Gasteiger partial charge < -0.3 is 5.32 Å². The number of anilines is 1. The van der Waals surface area contributed by atoms with Crippen molar-refractivity contribution in [1.82, 2.24) is 5.43 Å². The summed E-state index contributed by atoms with van der Waals surface area (Å²) >= 11 is 0. The van der Waals surface area contributed by atoms with E-state index in [9.17, 15) is 4.79 Å². The molecule has 0 aliphatic heterocycles. The fourth-order valence-corrected chi connectivity index (χ4v) is 1.61. The number of fused-ring (bicyclic) bond motifs is 1. The Morgan fingerprint density at radius 3 is 2.56 bits per heavy atom. The summed E-state index contributed by atoms with van der Waals surface area (Å²) in [6, 6.07) is 11.5. The molecule has 2 amide bonds. The molecule has 0 unspecified atom stereocenters. The third-order valence-electron chi connectivity index (χ3n) is 2.38. The van der Waals surface area contributed by atoms with Crippen LogP contribution in [-0.2, 0) is 0 Å². The number of benzene rings is 2. The van der Waals surface area contributed by atoms with Crippen LogP contribution >= 0.6 is 0 Å². The van der Waals surface area contributed by atoms with Crippen molar-refractivity contribution in [2.75, 3.05) is 5.32 Å². The molecular formula is C12H13N3O. The van der Waals surface area contributed by atoms with E-state index in [2.05, 4.69) is 11.4 Å². The number of carbonyl (C=O) groups excluding carboxylic acids is 1. The minimum atomic E-state index is -0.425. The number of hydrogen-bond donors (Lipinski definition) is 3. The second kappa shape index (κ2) is 4.20. The molecule has 2 rings (SSSR count). The Bertz CT molecular complexity index is 537. The lowest BCUT2D eigenvalue weighted by Crippen LogP contribution is -2.34. The normalized spacial score (nSPS) is 10.1. The highest BCUT2D eigenvalue weighted by Crippen LogP contribution is 2.20. The number of hydrazine groups is 1. The predicted octanol–water partition coefficient (Wildman–Crippen LogP) is 2.14. The molecule has 2 aromatic rings. The number of aryl methyl sites for hydroxylation is 1. The zero-order chi connectivity index (χ0) is 11.5. The zero-order valence-corrected chi connectivity index (χ0v) is 8.95. The van der Waals surface area contributed by atoms with Crippen molar-refractivity contribution < 1.29 is 4.79 Å². The van der Waals surface area contributed by atoms with Crippen molar-refractivity contribution in [1.29, 1.82) is 0 Å². The number of nitrogens with two attached hydrogens (primary N) is 1. The summed E-state index contributed by atoms with van der Waals surface area (Å²) < 4.78 is 0. The van der Waals surface area contributed by atoms with Crippen LogP contribution in [0.5, 0.6) is 0 Å². The molecule has 82 valence electrons. The van der Waals surface area contributed by atoms with Crippen LogP contribution < -0.4 is 16.6 Å². The summed E-state index contributed by atoms with van der Waals surface area (Å²) in [5.41, 5.74) is 3.96. The lowest BCUT2D eigenvalue weighted by Gasteiger charge is -2.06. The molecule has 4 N–H and O–H groups in total. The van der Waals surface area contributed by atoms with Gasteiger partial charge in [-0.3, -0.25) is 5.43 Å². The topological polar surface area (TPSA) is 67.2 Å². The highest BCUT2D eigenvalue weighted by Gasteiger charge is 2.00. The van der Waals surface area contributed by atoms with Crippen molar-refractivity contribution >= 4 is 22.5 Å². The largest absolute Gasteiger partial charge is 0.333 e.